The van der Waals surface area contributed by atoms with E-state index in [0.717, 1.165) is 37.8 Å². The number of hydrogen-bond acceptors (Lipinski definition) is 4. The summed E-state index contributed by atoms with van der Waals surface area (Å²) in [6.45, 7) is 1.29. The molecule has 0 bridgehead atoms. The summed E-state index contributed by atoms with van der Waals surface area (Å²) < 4.78 is 11.0. The number of aldehydes is 1. The van der Waals surface area contributed by atoms with Gasteiger partial charge in [-0.3, -0.25) is 4.79 Å². The van der Waals surface area contributed by atoms with Crippen LogP contribution < -0.4 is 0 Å². The van der Waals surface area contributed by atoms with Crippen LogP contribution in [-0.4, -0.2) is 30.8 Å². The third kappa shape index (κ3) is 4.05. The number of ether oxygens (including phenoxy) is 2. The van der Waals surface area contributed by atoms with E-state index < -0.39 is 0 Å². The Hall–Kier alpha value is -1.52. The predicted molar refractivity (Wildman–Crippen MR) is 68.2 cm³/mol. The maximum atomic E-state index is 10.6. The Morgan fingerprint density at radius 2 is 2.28 bits per heavy atom. The number of rotatable bonds is 5. The number of carbonyl (C=O) groups is 1. The zero-order valence-electron chi connectivity index (χ0n) is 10.2. The SMILES string of the molecule is O=Cc1cccc(/C=C/CO[C@@H]2CCCCO2)n1. The van der Waals surface area contributed by atoms with E-state index in [0.29, 0.717) is 12.3 Å². The lowest BCUT2D eigenvalue weighted by Gasteiger charge is -2.21. The van der Waals surface area contributed by atoms with Crippen molar-refractivity contribution in [3.8, 4) is 0 Å². The zero-order chi connectivity index (χ0) is 12.6. The molecule has 1 aromatic rings. The van der Waals surface area contributed by atoms with Gasteiger partial charge in [0.1, 0.15) is 5.69 Å². The molecule has 1 fully saturated rings. The van der Waals surface area contributed by atoms with E-state index in [4.69, 9.17) is 9.47 Å². The Labute approximate surface area is 107 Å². The van der Waals surface area contributed by atoms with Crippen molar-refractivity contribution in [3.63, 3.8) is 0 Å². The van der Waals surface area contributed by atoms with E-state index in [1.807, 2.05) is 24.3 Å². The Kier molecular flexibility index (Phi) is 5.05. The van der Waals surface area contributed by atoms with Crippen LogP contribution in [0, 0.1) is 0 Å². The largest absolute Gasteiger partial charge is 0.353 e. The minimum Gasteiger partial charge on any atom is -0.353 e. The monoisotopic (exact) mass is 247 g/mol. The first-order valence-corrected chi connectivity index (χ1v) is 6.20. The number of pyridine rings is 1. The van der Waals surface area contributed by atoms with E-state index in [2.05, 4.69) is 4.98 Å². The second-order valence-electron chi connectivity index (χ2n) is 4.14. The van der Waals surface area contributed by atoms with E-state index in [1.54, 1.807) is 6.07 Å². The summed E-state index contributed by atoms with van der Waals surface area (Å²) in [5.41, 5.74) is 1.20. The summed E-state index contributed by atoms with van der Waals surface area (Å²) in [7, 11) is 0. The van der Waals surface area contributed by atoms with Crippen molar-refractivity contribution in [2.75, 3.05) is 13.2 Å². The molecule has 4 heteroatoms. The number of aromatic nitrogens is 1. The van der Waals surface area contributed by atoms with Gasteiger partial charge < -0.3 is 9.47 Å². The molecular weight excluding hydrogens is 230 g/mol. The second kappa shape index (κ2) is 7.03. The van der Waals surface area contributed by atoms with Crippen molar-refractivity contribution in [1.29, 1.82) is 0 Å². The number of nitrogens with zero attached hydrogens (tertiary/aromatic N) is 1. The van der Waals surface area contributed by atoms with Gasteiger partial charge in [-0.2, -0.15) is 0 Å². The highest BCUT2D eigenvalue weighted by Gasteiger charge is 2.12. The molecule has 18 heavy (non-hydrogen) atoms. The highest BCUT2D eigenvalue weighted by molar-refractivity contribution is 5.72. The van der Waals surface area contributed by atoms with Crippen molar-refractivity contribution >= 4 is 12.4 Å². The molecule has 0 N–H and O–H groups in total. The Morgan fingerprint density at radius 3 is 3.06 bits per heavy atom. The normalized spacial score (nSPS) is 20.1. The van der Waals surface area contributed by atoms with Crippen LogP contribution in [-0.2, 0) is 9.47 Å². The van der Waals surface area contributed by atoms with Crippen molar-refractivity contribution < 1.29 is 14.3 Å². The van der Waals surface area contributed by atoms with Gasteiger partial charge in [-0.25, -0.2) is 4.98 Å². The van der Waals surface area contributed by atoms with Crippen molar-refractivity contribution in [1.82, 2.24) is 4.98 Å². The summed E-state index contributed by atoms with van der Waals surface area (Å²) in [6, 6.07) is 5.33. The second-order valence-corrected chi connectivity index (χ2v) is 4.14. The minimum atomic E-state index is -0.0716. The number of hydrogen-bond donors (Lipinski definition) is 0. The molecule has 4 nitrogen and oxygen atoms in total. The first kappa shape index (κ1) is 12.9. The molecule has 0 unspecified atom stereocenters. The van der Waals surface area contributed by atoms with Crippen LogP contribution >= 0.6 is 0 Å². The lowest BCUT2D eigenvalue weighted by molar-refractivity contribution is -0.155. The molecule has 0 amide bonds. The van der Waals surface area contributed by atoms with Gasteiger partial charge in [0.25, 0.3) is 0 Å². The van der Waals surface area contributed by atoms with Gasteiger partial charge in [0.05, 0.1) is 12.3 Å². The Morgan fingerprint density at radius 1 is 1.39 bits per heavy atom. The molecule has 0 radical (unpaired) electrons. The fraction of sp³-hybridized carbons (Fsp3) is 0.429. The molecule has 96 valence electrons. The Bertz CT molecular complexity index is 411. The summed E-state index contributed by atoms with van der Waals surface area (Å²) in [5.74, 6) is 0. The van der Waals surface area contributed by atoms with Gasteiger partial charge in [-0.1, -0.05) is 12.1 Å². The van der Waals surface area contributed by atoms with E-state index in [9.17, 15) is 4.79 Å². The molecule has 1 aromatic heterocycles. The zero-order valence-corrected chi connectivity index (χ0v) is 10.2. The van der Waals surface area contributed by atoms with Gasteiger partial charge in [0.15, 0.2) is 12.6 Å². The Balaban J connectivity index is 1.77. The van der Waals surface area contributed by atoms with Gasteiger partial charge in [0, 0.05) is 6.61 Å². The quantitative estimate of drug-likeness (QED) is 0.750. The van der Waals surface area contributed by atoms with Crippen LogP contribution in [0.1, 0.15) is 35.4 Å². The molecule has 1 atom stereocenters. The van der Waals surface area contributed by atoms with Crippen LogP contribution in [0.15, 0.2) is 24.3 Å². The fourth-order valence-electron chi connectivity index (χ4n) is 1.80. The molecule has 0 saturated carbocycles. The van der Waals surface area contributed by atoms with Crippen LogP contribution in [0.5, 0.6) is 0 Å². The van der Waals surface area contributed by atoms with Crippen LogP contribution in [0.2, 0.25) is 0 Å². The van der Waals surface area contributed by atoms with Crippen molar-refractivity contribution in [2.45, 2.75) is 25.6 Å². The van der Waals surface area contributed by atoms with Crippen LogP contribution in [0.3, 0.4) is 0 Å². The minimum absolute atomic E-state index is 0.0716. The molecule has 1 aliphatic rings. The third-order valence-corrected chi connectivity index (χ3v) is 2.72. The molecule has 1 saturated heterocycles. The van der Waals surface area contributed by atoms with Crippen molar-refractivity contribution in [3.05, 3.63) is 35.7 Å². The van der Waals surface area contributed by atoms with Gasteiger partial charge in [-0.15, -0.1) is 0 Å². The maximum Gasteiger partial charge on any atom is 0.168 e. The summed E-state index contributed by atoms with van der Waals surface area (Å²) >= 11 is 0. The summed E-state index contributed by atoms with van der Waals surface area (Å²) in [4.78, 5) is 14.7. The highest BCUT2D eigenvalue weighted by atomic mass is 16.7. The predicted octanol–water partition coefficient (Wildman–Crippen LogP) is 2.45. The van der Waals surface area contributed by atoms with Crippen LogP contribution in [0.4, 0.5) is 0 Å². The average molecular weight is 247 g/mol. The molecule has 0 spiro atoms. The molecule has 2 heterocycles. The van der Waals surface area contributed by atoms with Crippen LogP contribution in [0.25, 0.3) is 6.08 Å². The topological polar surface area (TPSA) is 48.4 Å². The molecular formula is C14H17NO3. The van der Waals surface area contributed by atoms with Gasteiger partial charge in [-0.05, 0) is 37.5 Å². The van der Waals surface area contributed by atoms with Gasteiger partial charge >= 0.3 is 0 Å². The average Bonchev–Trinajstić information content (AvgIpc) is 2.45. The first-order chi connectivity index (χ1) is 8.88. The lowest BCUT2D eigenvalue weighted by Crippen LogP contribution is -2.22. The molecule has 0 aliphatic carbocycles. The summed E-state index contributed by atoms with van der Waals surface area (Å²) in [5, 5.41) is 0. The lowest BCUT2D eigenvalue weighted by atomic mass is 10.2. The fourth-order valence-corrected chi connectivity index (χ4v) is 1.80. The third-order valence-electron chi connectivity index (χ3n) is 2.72. The smallest absolute Gasteiger partial charge is 0.168 e. The maximum absolute atomic E-state index is 10.6. The molecule has 1 aliphatic heterocycles. The highest BCUT2D eigenvalue weighted by Crippen LogP contribution is 2.13. The summed E-state index contributed by atoms with van der Waals surface area (Å²) in [6.07, 6.45) is 7.65. The molecule has 0 aromatic carbocycles. The molecule has 2 rings (SSSR count). The van der Waals surface area contributed by atoms with Crippen molar-refractivity contribution in [2.24, 2.45) is 0 Å². The standard InChI is InChI=1S/C14H17NO3/c16-11-13-6-3-5-12(15-13)7-4-10-18-14-8-1-2-9-17-14/h3-7,11,14H,1-2,8-10H2/b7-4+/t14-/m1/s1. The first-order valence-electron chi connectivity index (χ1n) is 6.20. The van der Waals surface area contributed by atoms with E-state index in [-0.39, 0.29) is 6.29 Å². The number of carbonyl (C=O) groups excluding carboxylic acids is 1. The van der Waals surface area contributed by atoms with E-state index in [1.165, 1.54) is 0 Å². The van der Waals surface area contributed by atoms with Gasteiger partial charge in [0.2, 0.25) is 0 Å². The van der Waals surface area contributed by atoms with E-state index >= 15 is 0 Å².